The molecule has 0 spiro atoms. The van der Waals surface area contributed by atoms with Crippen molar-refractivity contribution in [2.75, 3.05) is 6.61 Å². The summed E-state index contributed by atoms with van der Waals surface area (Å²) >= 11 is 0. The minimum absolute atomic E-state index is 0.0324. The zero-order valence-corrected chi connectivity index (χ0v) is 10.6. The smallest absolute Gasteiger partial charge is 0.223 e. The summed E-state index contributed by atoms with van der Waals surface area (Å²) < 4.78 is 0. The second kappa shape index (κ2) is 6.83. The highest BCUT2D eigenvalue weighted by molar-refractivity contribution is 5.78. The summed E-state index contributed by atoms with van der Waals surface area (Å²) in [6, 6.07) is 0.0868. The van der Waals surface area contributed by atoms with Crippen molar-refractivity contribution in [3.8, 4) is 0 Å². The number of hydrogen-bond donors (Lipinski definition) is 2. The second-order valence-electron chi connectivity index (χ2n) is 4.90. The first-order valence-electron chi connectivity index (χ1n) is 5.81. The number of carbonyl (C=O) groups excluding carboxylic acids is 1. The van der Waals surface area contributed by atoms with Crippen molar-refractivity contribution in [1.29, 1.82) is 0 Å². The largest absolute Gasteiger partial charge is 0.396 e. The normalized spacial score (nSPS) is 15.5. The minimum atomic E-state index is 0.0324. The highest BCUT2D eigenvalue weighted by atomic mass is 16.3. The van der Waals surface area contributed by atoms with Crippen LogP contribution in [-0.4, -0.2) is 23.7 Å². The Hall–Kier alpha value is -0.570. The van der Waals surface area contributed by atoms with Gasteiger partial charge < -0.3 is 10.4 Å². The lowest BCUT2D eigenvalue weighted by atomic mass is 9.95. The number of aliphatic hydroxyl groups is 1. The third-order valence-corrected chi connectivity index (χ3v) is 2.99. The molecule has 3 nitrogen and oxygen atoms in total. The molecule has 0 heterocycles. The van der Waals surface area contributed by atoms with E-state index in [1.807, 2.05) is 20.8 Å². The van der Waals surface area contributed by atoms with Gasteiger partial charge in [-0.05, 0) is 18.3 Å². The van der Waals surface area contributed by atoms with E-state index in [-0.39, 0.29) is 24.5 Å². The quantitative estimate of drug-likeness (QED) is 0.710. The Morgan fingerprint density at radius 2 is 1.67 bits per heavy atom. The molecule has 1 amide bonds. The summed E-state index contributed by atoms with van der Waals surface area (Å²) in [5.41, 5.74) is 0. The van der Waals surface area contributed by atoms with Crippen LogP contribution in [0.5, 0.6) is 0 Å². The maximum Gasteiger partial charge on any atom is 0.223 e. The van der Waals surface area contributed by atoms with Gasteiger partial charge in [0.1, 0.15) is 0 Å². The molecule has 2 atom stereocenters. The molecular formula is C12H25NO2. The molecule has 0 aromatic rings. The second-order valence-corrected chi connectivity index (χ2v) is 4.90. The van der Waals surface area contributed by atoms with Gasteiger partial charge in [0.2, 0.25) is 5.91 Å². The third kappa shape index (κ3) is 5.17. The predicted octanol–water partition coefficient (Wildman–Crippen LogP) is 1.80. The van der Waals surface area contributed by atoms with Crippen molar-refractivity contribution in [3.05, 3.63) is 0 Å². The van der Waals surface area contributed by atoms with Crippen LogP contribution in [0.1, 0.15) is 41.0 Å². The number of hydrogen-bond acceptors (Lipinski definition) is 2. The van der Waals surface area contributed by atoms with Gasteiger partial charge in [-0.15, -0.1) is 0 Å². The maximum atomic E-state index is 11.8. The fourth-order valence-corrected chi connectivity index (χ4v) is 1.33. The Labute approximate surface area is 93.3 Å². The minimum Gasteiger partial charge on any atom is -0.396 e. The van der Waals surface area contributed by atoms with E-state index in [4.69, 9.17) is 5.11 Å². The number of amides is 1. The van der Waals surface area contributed by atoms with E-state index in [1.54, 1.807) is 0 Å². The molecule has 0 aliphatic rings. The lowest BCUT2D eigenvalue weighted by molar-refractivity contribution is -0.126. The lowest BCUT2D eigenvalue weighted by Crippen LogP contribution is -2.42. The van der Waals surface area contributed by atoms with Gasteiger partial charge in [0.15, 0.2) is 0 Å². The van der Waals surface area contributed by atoms with Crippen molar-refractivity contribution in [1.82, 2.24) is 5.32 Å². The molecule has 15 heavy (non-hydrogen) atoms. The van der Waals surface area contributed by atoms with Gasteiger partial charge >= 0.3 is 0 Å². The first kappa shape index (κ1) is 14.4. The fraction of sp³-hybridized carbons (Fsp3) is 0.917. The summed E-state index contributed by atoms with van der Waals surface area (Å²) in [5.74, 6) is 0.842. The Morgan fingerprint density at radius 1 is 1.13 bits per heavy atom. The zero-order valence-electron chi connectivity index (χ0n) is 10.6. The summed E-state index contributed by atoms with van der Waals surface area (Å²) in [6.45, 7) is 10.3. The molecule has 0 saturated heterocycles. The van der Waals surface area contributed by atoms with Crippen LogP contribution in [0.3, 0.4) is 0 Å². The molecule has 90 valence electrons. The molecule has 0 saturated carbocycles. The lowest BCUT2D eigenvalue weighted by Gasteiger charge is -2.24. The van der Waals surface area contributed by atoms with Gasteiger partial charge in [0.05, 0.1) is 0 Å². The van der Waals surface area contributed by atoms with Gasteiger partial charge in [-0.3, -0.25) is 4.79 Å². The van der Waals surface area contributed by atoms with Gasteiger partial charge in [0.25, 0.3) is 0 Å². The van der Waals surface area contributed by atoms with Crippen LogP contribution in [0.25, 0.3) is 0 Å². The molecule has 0 aliphatic heterocycles. The molecule has 0 aromatic heterocycles. The van der Waals surface area contributed by atoms with Crippen molar-refractivity contribution in [2.24, 2.45) is 17.8 Å². The van der Waals surface area contributed by atoms with Crippen LogP contribution < -0.4 is 5.32 Å². The molecule has 0 fully saturated rings. The van der Waals surface area contributed by atoms with E-state index in [0.29, 0.717) is 18.3 Å². The van der Waals surface area contributed by atoms with Gasteiger partial charge in [-0.2, -0.15) is 0 Å². The van der Waals surface area contributed by atoms with Crippen LogP contribution in [0.15, 0.2) is 0 Å². The average molecular weight is 215 g/mol. The Balaban J connectivity index is 4.22. The van der Waals surface area contributed by atoms with E-state index in [9.17, 15) is 4.79 Å². The van der Waals surface area contributed by atoms with Crippen LogP contribution in [0, 0.1) is 17.8 Å². The van der Waals surface area contributed by atoms with Crippen molar-refractivity contribution >= 4 is 5.91 Å². The topological polar surface area (TPSA) is 49.3 Å². The van der Waals surface area contributed by atoms with Crippen LogP contribution in [-0.2, 0) is 4.79 Å². The summed E-state index contributed by atoms with van der Waals surface area (Å²) in [4.78, 5) is 11.8. The summed E-state index contributed by atoms with van der Waals surface area (Å²) in [7, 11) is 0. The highest BCUT2D eigenvalue weighted by Crippen LogP contribution is 2.12. The zero-order chi connectivity index (χ0) is 12.0. The highest BCUT2D eigenvalue weighted by Gasteiger charge is 2.21. The van der Waals surface area contributed by atoms with Crippen LogP contribution in [0.2, 0.25) is 0 Å². The van der Waals surface area contributed by atoms with E-state index in [2.05, 4.69) is 19.2 Å². The van der Waals surface area contributed by atoms with Crippen LogP contribution >= 0.6 is 0 Å². The molecule has 0 aliphatic carbocycles. The SMILES string of the molecule is CC(C)C(CCO)NC(=O)C(C)C(C)C. The predicted molar refractivity (Wildman–Crippen MR) is 62.5 cm³/mol. The first-order chi connectivity index (χ1) is 6.90. The van der Waals surface area contributed by atoms with Gasteiger partial charge in [-0.1, -0.05) is 34.6 Å². The van der Waals surface area contributed by atoms with Crippen molar-refractivity contribution in [3.63, 3.8) is 0 Å². The monoisotopic (exact) mass is 215 g/mol. The van der Waals surface area contributed by atoms with Crippen LogP contribution in [0.4, 0.5) is 0 Å². The summed E-state index contributed by atoms with van der Waals surface area (Å²) in [6.07, 6.45) is 0.633. The first-order valence-corrected chi connectivity index (χ1v) is 5.81. The Morgan fingerprint density at radius 3 is 2.00 bits per heavy atom. The standard InChI is InChI=1S/C12H25NO2/c1-8(2)10(5)12(15)13-11(6-7-14)9(3)4/h8-11,14H,6-7H2,1-5H3,(H,13,15). The molecule has 0 rings (SSSR count). The Kier molecular flexibility index (Phi) is 6.57. The molecule has 2 N–H and O–H groups in total. The van der Waals surface area contributed by atoms with Gasteiger partial charge in [-0.25, -0.2) is 0 Å². The number of aliphatic hydroxyl groups excluding tert-OH is 1. The molecule has 3 heteroatoms. The number of nitrogens with one attached hydrogen (secondary N) is 1. The third-order valence-electron chi connectivity index (χ3n) is 2.99. The van der Waals surface area contributed by atoms with Gasteiger partial charge in [0, 0.05) is 18.6 Å². The number of carbonyl (C=O) groups is 1. The van der Waals surface area contributed by atoms with Crippen molar-refractivity contribution in [2.45, 2.75) is 47.1 Å². The van der Waals surface area contributed by atoms with E-state index in [1.165, 1.54) is 0 Å². The molecular weight excluding hydrogens is 190 g/mol. The molecule has 2 unspecified atom stereocenters. The molecule has 0 radical (unpaired) electrons. The van der Waals surface area contributed by atoms with E-state index in [0.717, 1.165) is 0 Å². The Bertz CT molecular complexity index is 190. The number of rotatable bonds is 6. The summed E-state index contributed by atoms with van der Waals surface area (Å²) in [5, 5.41) is 11.9. The van der Waals surface area contributed by atoms with Crippen molar-refractivity contribution < 1.29 is 9.90 Å². The molecule has 0 bridgehead atoms. The van der Waals surface area contributed by atoms with E-state index < -0.39 is 0 Å². The maximum absolute atomic E-state index is 11.8. The fourth-order valence-electron chi connectivity index (χ4n) is 1.33. The molecule has 0 aromatic carbocycles. The average Bonchev–Trinajstić information content (AvgIpc) is 2.15. The van der Waals surface area contributed by atoms with E-state index >= 15 is 0 Å².